The molecule has 0 aliphatic carbocycles. The molecule has 0 aromatic rings. The minimum atomic E-state index is -1.58. The third-order valence-corrected chi connectivity index (χ3v) is 9.98. The number of hydrogen-bond donors (Lipinski definition) is 6. The Bertz CT molecular complexity index is 1160. The fourth-order valence-electron chi connectivity index (χ4n) is 6.39. The van der Waals surface area contributed by atoms with Gasteiger partial charge in [-0.3, -0.25) is 4.79 Å². The second kappa shape index (κ2) is 37.6. The van der Waals surface area contributed by atoms with Crippen LogP contribution in [-0.2, 0) is 14.3 Å². The number of nitrogens with one attached hydrogen (secondary N) is 1. The summed E-state index contributed by atoms with van der Waals surface area (Å²) in [7, 11) is 0. The summed E-state index contributed by atoms with van der Waals surface area (Å²) >= 11 is 0. The van der Waals surface area contributed by atoms with Crippen LogP contribution in [0.1, 0.15) is 155 Å². The van der Waals surface area contributed by atoms with Crippen molar-refractivity contribution in [2.75, 3.05) is 13.2 Å². The smallest absolute Gasteiger partial charge is 0.220 e. The van der Waals surface area contributed by atoms with Gasteiger partial charge in [0, 0.05) is 6.42 Å². The molecule has 7 unspecified atom stereocenters. The number of unbranched alkanes of at least 4 members (excludes halogenated alkanes) is 13. The lowest BCUT2D eigenvalue weighted by molar-refractivity contribution is -0.302. The molecular formula is C48H81NO8. The third kappa shape index (κ3) is 28.4. The molecular weight excluding hydrogens is 719 g/mol. The predicted molar refractivity (Wildman–Crippen MR) is 235 cm³/mol. The van der Waals surface area contributed by atoms with Crippen LogP contribution in [0.2, 0.25) is 0 Å². The molecule has 1 amide bonds. The molecule has 7 atom stereocenters. The van der Waals surface area contributed by atoms with E-state index in [1.807, 2.05) is 6.08 Å². The van der Waals surface area contributed by atoms with Crippen LogP contribution in [0.5, 0.6) is 0 Å². The minimum absolute atomic E-state index is 0.211. The van der Waals surface area contributed by atoms with Crippen molar-refractivity contribution in [2.24, 2.45) is 0 Å². The van der Waals surface area contributed by atoms with Gasteiger partial charge in [0.1, 0.15) is 24.4 Å². The number of amides is 1. The molecule has 1 aliphatic rings. The van der Waals surface area contributed by atoms with Crippen LogP contribution >= 0.6 is 0 Å². The maximum Gasteiger partial charge on any atom is 0.220 e. The van der Waals surface area contributed by atoms with Gasteiger partial charge in [-0.15, -0.1) is 0 Å². The molecule has 6 N–H and O–H groups in total. The standard InChI is InChI=1S/C48H81NO8/c1-3-5-7-9-11-13-15-17-18-19-20-21-22-23-24-26-28-30-32-34-36-38-44(52)49-41(40-56-48-47(55)46(54)45(53)43(39-50)57-48)42(51)37-35-33-31-29-27-25-16-14-12-10-8-6-4-2/h5,7,11,13,17-18,20-21,23-24,28,30,35,37,41-43,45-48,50-51,53-55H,3-4,6,8-10,12,14-16,19,22,25-27,29,31-34,36,38-40H2,1-2H3,(H,49,52)/b7-5-,13-11-,18-17-,21-20-,24-23-,30-28-,37-35+. The summed E-state index contributed by atoms with van der Waals surface area (Å²) < 4.78 is 11.2. The van der Waals surface area contributed by atoms with Crippen molar-refractivity contribution in [3.8, 4) is 0 Å². The highest BCUT2D eigenvalue weighted by Crippen LogP contribution is 2.22. The maximum atomic E-state index is 12.9. The van der Waals surface area contributed by atoms with Gasteiger partial charge < -0.3 is 40.3 Å². The first kappa shape index (κ1) is 52.4. The topological polar surface area (TPSA) is 149 Å². The lowest BCUT2D eigenvalue weighted by Crippen LogP contribution is -2.60. The van der Waals surface area contributed by atoms with Crippen LogP contribution in [0.25, 0.3) is 0 Å². The van der Waals surface area contributed by atoms with Crippen molar-refractivity contribution in [3.63, 3.8) is 0 Å². The summed E-state index contributed by atoms with van der Waals surface area (Å²) in [6.07, 6.45) is 44.8. The van der Waals surface area contributed by atoms with Crippen LogP contribution in [-0.4, -0.2) is 87.5 Å². The lowest BCUT2D eigenvalue weighted by Gasteiger charge is -2.40. The molecule has 9 heteroatoms. The van der Waals surface area contributed by atoms with Crippen LogP contribution in [0, 0.1) is 0 Å². The highest BCUT2D eigenvalue weighted by atomic mass is 16.7. The number of hydrogen-bond acceptors (Lipinski definition) is 8. The number of allylic oxidation sites excluding steroid dienone is 13. The lowest BCUT2D eigenvalue weighted by atomic mass is 9.99. The van der Waals surface area contributed by atoms with Crippen molar-refractivity contribution in [1.29, 1.82) is 0 Å². The Morgan fingerprint density at radius 2 is 1.09 bits per heavy atom. The van der Waals surface area contributed by atoms with E-state index < -0.39 is 49.5 Å². The zero-order valence-electron chi connectivity index (χ0n) is 35.6. The summed E-state index contributed by atoms with van der Waals surface area (Å²) in [5.41, 5.74) is 0. The zero-order valence-corrected chi connectivity index (χ0v) is 35.6. The molecule has 1 heterocycles. The molecule has 9 nitrogen and oxygen atoms in total. The molecule has 1 fully saturated rings. The van der Waals surface area contributed by atoms with Crippen LogP contribution < -0.4 is 5.32 Å². The fourth-order valence-corrected chi connectivity index (χ4v) is 6.39. The Hall–Kier alpha value is -2.63. The zero-order chi connectivity index (χ0) is 41.6. The predicted octanol–water partition coefficient (Wildman–Crippen LogP) is 9.16. The van der Waals surface area contributed by atoms with Crippen LogP contribution in [0.15, 0.2) is 85.1 Å². The highest BCUT2D eigenvalue weighted by Gasteiger charge is 2.44. The van der Waals surface area contributed by atoms with E-state index in [0.717, 1.165) is 70.6 Å². The van der Waals surface area contributed by atoms with E-state index >= 15 is 0 Å². The van der Waals surface area contributed by atoms with Crippen molar-refractivity contribution in [2.45, 2.75) is 198 Å². The van der Waals surface area contributed by atoms with Crippen molar-refractivity contribution in [3.05, 3.63) is 85.1 Å². The van der Waals surface area contributed by atoms with Crippen LogP contribution in [0.3, 0.4) is 0 Å². The van der Waals surface area contributed by atoms with Crippen molar-refractivity contribution >= 4 is 5.91 Å². The summed E-state index contributed by atoms with van der Waals surface area (Å²) in [5.74, 6) is -0.224. The van der Waals surface area contributed by atoms with Gasteiger partial charge in [-0.05, 0) is 70.6 Å². The molecule has 0 spiro atoms. The van der Waals surface area contributed by atoms with E-state index in [9.17, 15) is 30.3 Å². The molecule has 0 bridgehead atoms. The number of aliphatic hydroxyl groups excluding tert-OH is 5. The van der Waals surface area contributed by atoms with Crippen molar-refractivity contribution in [1.82, 2.24) is 5.32 Å². The molecule has 57 heavy (non-hydrogen) atoms. The highest BCUT2D eigenvalue weighted by molar-refractivity contribution is 5.76. The Morgan fingerprint density at radius 1 is 0.614 bits per heavy atom. The summed E-state index contributed by atoms with van der Waals surface area (Å²) in [4.78, 5) is 12.9. The number of carbonyl (C=O) groups is 1. The quantitative estimate of drug-likeness (QED) is 0.0275. The molecule has 0 aromatic heterocycles. The Labute approximate surface area is 346 Å². The van der Waals surface area contributed by atoms with Gasteiger partial charge in [0.2, 0.25) is 5.91 Å². The Morgan fingerprint density at radius 3 is 1.61 bits per heavy atom. The molecule has 1 aliphatic heterocycles. The number of carbonyl (C=O) groups excluding carboxylic acids is 1. The van der Waals surface area contributed by atoms with Gasteiger partial charge in [0.25, 0.3) is 0 Å². The first-order valence-corrected chi connectivity index (χ1v) is 22.3. The average Bonchev–Trinajstić information content (AvgIpc) is 3.21. The number of aliphatic hydroxyl groups is 5. The van der Waals surface area contributed by atoms with Gasteiger partial charge in [0.15, 0.2) is 6.29 Å². The Kier molecular flexibility index (Phi) is 34.6. The van der Waals surface area contributed by atoms with Gasteiger partial charge >= 0.3 is 0 Å². The monoisotopic (exact) mass is 800 g/mol. The SMILES string of the molecule is CC/C=C\C/C=C\C/C=C\C/C=C\C/C=C\C/C=C\CCCCC(=O)NC(COC1OC(CO)C(O)C(O)C1O)C(O)/C=C/CCCCCCCCCCCCC. The average molecular weight is 800 g/mol. The second-order valence-corrected chi connectivity index (χ2v) is 15.1. The first-order chi connectivity index (χ1) is 27.8. The van der Waals surface area contributed by atoms with E-state index in [-0.39, 0.29) is 18.9 Å². The summed E-state index contributed by atoms with van der Waals surface area (Å²) in [6.45, 7) is 3.60. The van der Waals surface area contributed by atoms with E-state index in [1.54, 1.807) is 6.08 Å². The fraction of sp³-hybridized carbons (Fsp3) is 0.688. The van der Waals surface area contributed by atoms with E-state index in [1.165, 1.54) is 57.8 Å². The second-order valence-electron chi connectivity index (χ2n) is 15.1. The molecule has 1 saturated heterocycles. The van der Waals surface area contributed by atoms with Gasteiger partial charge in [-0.25, -0.2) is 0 Å². The molecule has 326 valence electrons. The molecule has 1 rings (SSSR count). The van der Waals surface area contributed by atoms with E-state index in [0.29, 0.717) is 6.42 Å². The molecule has 0 aromatic carbocycles. The van der Waals surface area contributed by atoms with Crippen LogP contribution in [0.4, 0.5) is 0 Å². The minimum Gasteiger partial charge on any atom is -0.394 e. The molecule has 0 saturated carbocycles. The van der Waals surface area contributed by atoms with Crippen molar-refractivity contribution < 1.29 is 39.8 Å². The normalized spacial score (nSPS) is 21.8. The van der Waals surface area contributed by atoms with Gasteiger partial charge in [0.05, 0.1) is 25.4 Å². The first-order valence-electron chi connectivity index (χ1n) is 22.3. The van der Waals surface area contributed by atoms with Gasteiger partial charge in [-0.2, -0.15) is 0 Å². The van der Waals surface area contributed by atoms with E-state index in [4.69, 9.17) is 9.47 Å². The molecule has 0 radical (unpaired) electrons. The van der Waals surface area contributed by atoms with E-state index in [2.05, 4.69) is 92.1 Å². The third-order valence-electron chi connectivity index (χ3n) is 9.98. The maximum absolute atomic E-state index is 12.9. The summed E-state index contributed by atoms with van der Waals surface area (Å²) in [6, 6.07) is -0.832. The summed E-state index contributed by atoms with van der Waals surface area (Å²) in [5, 5.41) is 54.1. The number of ether oxygens (including phenoxy) is 2. The van der Waals surface area contributed by atoms with Gasteiger partial charge in [-0.1, -0.05) is 163 Å². The number of rotatable bonds is 35. The Balaban J connectivity index is 2.42. The largest absolute Gasteiger partial charge is 0.394 e.